The smallest absolute Gasteiger partial charge is 0.0646 e. The van der Waals surface area contributed by atoms with E-state index >= 15 is 0 Å². The van der Waals surface area contributed by atoms with Crippen molar-refractivity contribution in [3.63, 3.8) is 0 Å². The fourth-order valence-corrected chi connectivity index (χ4v) is 2.80. The Bertz CT molecular complexity index is 214. The normalized spacial score (nSPS) is 40.1. The Hall–Kier alpha value is -0.120. The molecule has 0 aromatic rings. The van der Waals surface area contributed by atoms with E-state index in [1.165, 1.54) is 25.8 Å². The average Bonchev–Trinajstić information content (AvgIpc) is 2.75. The molecular formula is C13H26N2O. The summed E-state index contributed by atoms with van der Waals surface area (Å²) in [6, 6.07) is 0.663. The predicted octanol–water partition coefficient (Wildman–Crippen LogP) is 1.53. The number of piperidine rings is 1. The number of hydrogen-bond acceptors (Lipinski definition) is 3. The minimum atomic E-state index is 0.223. The van der Waals surface area contributed by atoms with Crippen molar-refractivity contribution in [2.45, 2.75) is 51.1 Å². The minimum Gasteiger partial charge on any atom is -0.379 e. The average molecular weight is 226 g/mol. The molecule has 0 aromatic carbocycles. The lowest BCUT2D eigenvalue weighted by atomic mass is 9.90. The lowest BCUT2D eigenvalue weighted by Gasteiger charge is -2.33. The fraction of sp³-hybridized carbons (Fsp3) is 1.00. The minimum absolute atomic E-state index is 0.223. The number of rotatable bonds is 4. The summed E-state index contributed by atoms with van der Waals surface area (Å²) in [6.07, 6.45) is 5.17. The lowest BCUT2D eigenvalue weighted by Crippen LogP contribution is -2.51. The van der Waals surface area contributed by atoms with E-state index in [4.69, 9.17) is 4.74 Å². The van der Waals surface area contributed by atoms with Crippen LogP contribution in [-0.2, 0) is 4.74 Å². The van der Waals surface area contributed by atoms with Crippen LogP contribution in [0.25, 0.3) is 0 Å². The molecular weight excluding hydrogens is 200 g/mol. The van der Waals surface area contributed by atoms with Gasteiger partial charge in [-0.15, -0.1) is 0 Å². The van der Waals surface area contributed by atoms with E-state index in [-0.39, 0.29) is 5.54 Å². The Morgan fingerprint density at radius 2 is 2.38 bits per heavy atom. The van der Waals surface area contributed by atoms with Gasteiger partial charge >= 0.3 is 0 Å². The molecule has 2 aliphatic rings. The molecule has 0 amide bonds. The first kappa shape index (κ1) is 12.3. The highest BCUT2D eigenvalue weighted by atomic mass is 16.5. The third-order valence-electron chi connectivity index (χ3n) is 4.17. The van der Waals surface area contributed by atoms with Crippen molar-refractivity contribution in [2.24, 2.45) is 5.92 Å². The molecule has 3 heteroatoms. The lowest BCUT2D eigenvalue weighted by molar-refractivity contribution is 0.168. The standard InChI is InChI=1S/C13H26N2O/c1-3-11-4-6-14-12(8-11)9-15-13(2)5-7-16-10-13/h11-12,14-15H,3-10H2,1-2H3. The van der Waals surface area contributed by atoms with E-state index < -0.39 is 0 Å². The monoisotopic (exact) mass is 226 g/mol. The van der Waals surface area contributed by atoms with Gasteiger partial charge in [-0.3, -0.25) is 0 Å². The van der Waals surface area contributed by atoms with Crippen LogP contribution in [0.4, 0.5) is 0 Å². The molecule has 2 fully saturated rings. The zero-order valence-electron chi connectivity index (χ0n) is 10.7. The van der Waals surface area contributed by atoms with Crippen molar-refractivity contribution >= 4 is 0 Å². The van der Waals surface area contributed by atoms with Gasteiger partial charge in [0.15, 0.2) is 0 Å². The van der Waals surface area contributed by atoms with E-state index in [1.807, 2.05) is 0 Å². The van der Waals surface area contributed by atoms with Crippen LogP contribution < -0.4 is 10.6 Å². The zero-order valence-corrected chi connectivity index (χ0v) is 10.7. The van der Waals surface area contributed by atoms with Crippen LogP contribution in [0.5, 0.6) is 0 Å². The summed E-state index contributed by atoms with van der Waals surface area (Å²) in [7, 11) is 0. The van der Waals surface area contributed by atoms with Crippen LogP contribution in [0.2, 0.25) is 0 Å². The van der Waals surface area contributed by atoms with Gasteiger partial charge in [0, 0.05) is 24.7 Å². The largest absolute Gasteiger partial charge is 0.379 e. The molecule has 16 heavy (non-hydrogen) atoms. The van der Waals surface area contributed by atoms with Gasteiger partial charge in [-0.2, -0.15) is 0 Å². The SMILES string of the molecule is CCC1CCNC(CNC2(C)CCOC2)C1. The van der Waals surface area contributed by atoms with Crippen LogP contribution in [0.15, 0.2) is 0 Å². The summed E-state index contributed by atoms with van der Waals surface area (Å²) in [5.74, 6) is 0.931. The molecule has 3 nitrogen and oxygen atoms in total. The molecule has 2 saturated heterocycles. The maximum absolute atomic E-state index is 5.46. The quantitative estimate of drug-likeness (QED) is 0.763. The number of nitrogens with one attached hydrogen (secondary N) is 2. The first-order chi connectivity index (χ1) is 7.72. The van der Waals surface area contributed by atoms with Crippen molar-refractivity contribution in [1.29, 1.82) is 0 Å². The van der Waals surface area contributed by atoms with Crippen molar-refractivity contribution < 1.29 is 4.74 Å². The summed E-state index contributed by atoms with van der Waals surface area (Å²) in [4.78, 5) is 0. The topological polar surface area (TPSA) is 33.3 Å². The van der Waals surface area contributed by atoms with Crippen LogP contribution >= 0.6 is 0 Å². The second kappa shape index (κ2) is 5.48. The van der Waals surface area contributed by atoms with Crippen molar-refractivity contribution in [2.75, 3.05) is 26.3 Å². The van der Waals surface area contributed by atoms with Gasteiger partial charge in [-0.25, -0.2) is 0 Å². The van der Waals surface area contributed by atoms with Gasteiger partial charge in [-0.05, 0) is 38.6 Å². The van der Waals surface area contributed by atoms with E-state index in [2.05, 4.69) is 24.5 Å². The van der Waals surface area contributed by atoms with E-state index in [0.717, 1.165) is 32.1 Å². The maximum Gasteiger partial charge on any atom is 0.0646 e. The molecule has 2 N–H and O–H groups in total. The molecule has 0 aliphatic carbocycles. The van der Waals surface area contributed by atoms with Gasteiger partial charge in [0.25, 0.3) is 0 Å². The Morgan fingerprint density at radius 3 is 3.06 bits per heavy atom. The third-order valence-corrected chi connectivity index (χ3v) is 4.17. The Labute approximate surface area is 99.3 Å². The first-order valence-electron chi connectivity index (χ1n) is 6.78. The first-order valence-corrected chi connectivity index (χ1v) is 6.78. The highest BCUT2D eigenvalue weighted by Gasteiger charge is 2.30. The molecule has 0 aromatic heterocycles. The third kappa shape index (κ3) is 3.19. The molecule has 2 heterocycles. The molecule has 94 valence electrons. The molecule has 0 saturated carbocycles. The van der Waals surface area contributed by atoms with Gasteiger partial charge in [0.05, 0.1) is 6.61 Å². The summed E-state index contributed by atoms with van der Waals surface area (Å²) in [5, 5.41) is 7.31. The highest BCUT2D eigenvalue weighted by molar-refractivity contribution is 4.89. The molecule has 2 aliphatic heterocycles. The summed E-state index contributed by atoms with van der Waals surface area (Å²) in [6.45, 7) is 8.66. The fourth-order valence-electron chi connectivity index (χ4n) is 2.80. The van der Waals surface area contributed by atoms with Crippen LogP contribution in [0.1, 0.15) is 39.5 Å². The second-order valence-electron chi connectivity index (χ2n) is 5.69. The molecule has 3 unspecified atom stereocenters. The van der Waals surface area contributed by atoms with E-state index in [9.17, 15) is 0 Å². The molecule has 2 rings (SSSR count). The summed E-state index contributed by atoms with van der Waals surface area (Å²) < 4.78 is 5.46. The van der Waals surface area contributed by atoms with Gasteiger partial charge < -0.3 is 15.4 Å². The summed E-state index contributed by atoms with van der Waals surface area (Å²) in [5.41, 5.74) is 0.223. The molecule has 0 bridgehead atoms. The Kier molecular flexibility index (Phi) is 4.22. The van der Waals surface area contributed by atoms with Gasteiger partial charge in [-0.1, -0.05) is 13.3 Å². The molecule has 3 atom stereocenters. The summed E-state index contributed by atoms with van der Waals surface area (Å²) >= 11 is 0. The van der Waals surface area contributed by atoms with Crippen LogP contribution in [-0.4, -0.2) is 37.9 Å². The van der Waals surface area contributed by atoms with Gasteiger partial charge in [0.1, 0.15) is 0 Å². The van der Waals surface area contributed by atoms with Crippen molar-refractivity contribution in [3.05, 3.63) is 0 Å². The number of ether oxygens (including phenoxy) is 1. The highest BCUT2D eigenvalue weighted by Crippen LogP contribution is 2.21. The Balaban J connectivity index is 1.72. The van der Waals surface area contributed by atoms with E-state index in [1.54, 1.807) is 0 Å². The van der Waals surface area contributed by atoms with E-state index in [0.29, 0.717) is 6.04 Å². The van der Waals surface area contributed by atoms with Crippen LogP contribution in [0, 0.1) is 5.92 Å². The van der Waals surface area contributed by atoms with Crippen molar-refractivity contribution in [3.8, 4) is 0 Å². The van der Waals surface area contributed by atoms with Gasteiger partial charge in [0.2, 0.25) is 0 Å². The van der Waals surface area contributed by atoms with Crippen LogP contribution in [0.3, 0.4) is 0 Å². The number of hydrogen-bond donors (Lipinski definition) is 2. The Morgan fingerprint density at radius 1 is 1.50 bits per heavy atom. The predicted molar refractivity (Wildman–Crippen MR) is 66.6 cm³/mol. The maximum atomic E-state index is 5.46. The molecule has 0 radical (unpaired) electrons. The van der Waals surface area contributed by atoms with Crippen molar-refractivity contribution in [1.82, 2.24) is 10.6 Å². The second-order valence-corrected chi connectivity index (χ2v) is 5.69. The zero-order chi connectivity index (χ0) is 11.4. The molecule has 0 spiro atoms.